The van der Waals surface area contributed by atoms with Gasteiger partial charge in [-0.25, -0.2) is 0 Å². The van der Waals surface area contributed by atoms with Crippen molar-refractivity contribution in [3.05, 3.63) is 34.9 Å². The van der Waals surface area contributed by atoms with E-state index < -0.39 is 0 Å². The third-order valence-electron chi connectivity index (χ3n) is 2.66. The topological polar surface area (TPSA) is 21.3 Å². The highest BCUT2D eigenvalue weighted by Gasteiger charge is 2.08. The van der Waals surface area contributed by atoms with Gasteiger partial charge in [0.05, 0.1) is 0 Å². The van der Waals surface area contributed by atoms with Gasteiger partial charge in [-0.1, -0.05) is 23.7 Å². The standard InChI is InChI=1S/C13H20ClNO/c1-15-10-12(7-8-16-2)9-11-3-5-13(14)6-4-11/h3-6,12,15H,7-10H2,1-2H3. The molecular formula is C13H20ClNO. The molecule has 1 rings (SSSR count). The fourth-order valence-corrected chi connectivity index (χ4v) is 1.93. The van der Waals surface area contributed by atoms with Gasteiger partial charge >= 0.3 is 0 Å². The first-order valence-corrected chi connectivity index (χ1v) is 6.02. The van der Waals surface area contributed by atoms with Gasteiger partial charge in [0.15, 0.2) is 0 Å². The van der Waals surface area contributed by atoms with E-state index in [1.165, 1.54) is 5.56 Å². The Morgan fingerprint density at radius 3 is 2.56 bits per heavy atom. The van der Waals surface area contributed by atoms with Crippen LogP contribution in [0.15, 0.2) is 24.3 Å². The zero-order valence-corrected chi connectivity index (χ0v) is 10.8. The third kappa shape index (κ3) is 4.97. The first-order valence-electron chi connectivity index (χ1n) is 5.64. The van der Waals surface area contributed by atoms with Crippen molar-refractivity contribution in [2.24, 2.45) is 5.92 Å². The Morgan fingerprint density at radius 2 is 2.00 bits per heavy atom. The third-order valence-corrected chi connectivity index (χ3v) is 2.91. The predicted octanol–water partition coefficient (Wildman–Crippen LogP) is 2.75. The predicted molar refractivity (Wildman–Crippen MR) is 69.1 cm³/mol. The summed E-state index contributed by atoms with van der Waals surface area (Å²) in [7, 11) is 3.74. The molecule has 0 bridgehead atoms. The largest absolute Gasteiger partial charge is 0.385 e. The summed E-state index contributed by atoms with van der Waals surface area (Å²) in [6.45, 7) is 1.84. The van der Waals surface area contributed by atoms with Crippen LogP contribution < -0.4 is 5.32 Å². The Hall–Kier alpha value is -0.570. The van der Waals surface area contributed by atoms with Gasteiger partial charge in [0.2, 0.25) is 0 Å². The van der Waals surface area contributed by atoms with Crippen molar-refractivity contribution in [3.63, 3.8) is 0 Å². The zero-order chi connectivity index (χ0) is 11.8. The molecule has 0 saturated heterocycles. The van der Waals surface area contributed by atoms with Crippen molar-refractivity contribution in [3.8, 4) is 0 Å². The van der Waals surface area contributed by atoms with E-state index in [-0.39, 0.29) is 0 Å². The maximum absolute atomic E-state index is 5.86. The number of ether oxygens (including phenoxy) is 1. The van der Waals surface area contributed by atoms with E-state index in [4.69, 9.17) is 16.3 Å². The second-order valence-electron chi connectivity index (χ2n) is 4.04. The molecule has 90 valence electrons. The summed E-state index contributed by atoms with van der Waals surface area (Å²) >= 11 is 5.86. The quantitative estimate of drug-likeness (QED) is 0.793. The van der Waals surface area contributed by atoms with Gasteiger partial charge in [0.25, 0.3) is 0 Å². The molecule has 0 heterocycles. The Labute approximate surface area is 103 Å². The maximum Gasteiger partial charge on any atom is 0.0465 e. The van der Waals surface area contributed by atoms with E-state index in [0.717, 1.165) is 31.0 Å². The van der Waals surface area contributed by atoms with Gasteiger partial charge in [-0.3, -0.25) is 0 Å². The van der Waals surface area contributed by atoms with E-state index >= 15 is 0 Å². The van der Waals surface area contributed by atoms with Crippen LogP contribution in [-0.4, -0.2) is 27.3 Å². The van der Waals surface area contributed by atoms with Crippen molar-refractivity contribution >= 4 is 11.6 Å². The summed E-state index contributed by atoms with van der Waals surface area (Å²) < 4.78 is 5.13. The van der Waals surface area contributed by atoms with Crippen LogP contribution in [0.4, 0.5) is 0 Å². The Balaban J connectivity index is 2.49. The SMILES string of the molecule is CNCC(CCOC)Cc1ccc(Cl)cc1. The summed E-state index contributed by atoms with van der Waals surface area (Å²) in [6, 6.07) is 8.09. The molecule has 0 amide bonds. The molecule has 1 aromatic carbocycles. The summed E-state index contributed by atoms with van der Waals surface area (Å²) in [5.41, 5.74) is 1.33. The second-order valence-corrected chi connectivity index (χ2v) is 4.47. The number of halogens is 1. The summed E-state index contributed by atoms with van der Waals surface area (Å²) in [5.74, 6) is 0.617. The Kier molecular flexibility index (Phi) is 6.46. The first-order chi connectivity index (χ1) is 7.76. The van der Waals surface area contributed by atoms with Gasteiger partial charge in [-0.2, -0.15) is 0 Å². The Bertz CT molecular complexity index is 286. The van der Waals surface area contributed by atoms with Gasteiger partial charge < -0.3 is 10.1 Å². The van der Waals surface area contributed by atoms with Crippen LogP contribution in [0.2, 0.25) is 5.02 Å². The number of benzene rings is 1. The molecule has 0 aromatic heterocycles. The molecule has 1 atom stereocenters. The highest BCUT2D eigenvalue weighted by atomic mass is 35.5. The normalized spacial score (nSPS) is 12.7. The van der Waals surface area contributed by atoms with E-state index in [2.05, 4.69) is 17.4 Å². The van der Waals surface area contributed by atoms with E-state index in [0.29, 0.717) is 5.92 Å². The fourth-order valence-electron chi connectivity index (χ4n) is 1.80. The lowest BCUT2D eigenvalue weighted by Crippen LogP contribution is -2.22. The molecule has 3 heteroatoms. The minimum atomic E-state index is 0.617. The van der Waals surface area contributed by atoms with Crippen molar-refractivity contribution in [1.82, 2.24) is 5.32 Å². The van der Waals surface area contributed by atoms with Crippen LogP contribution in [0.3, 0.4) is 0 Å². The summed E-state index contributed by atoms with van der Waals surface area (Å²) in [6.07, 6.45) is 2.15. The zero-order valence-electron chi connectivity index (χ0n) is 10.0. The molecule has 0 spiro atoms. The van der Waals surface area contributed by atoms with Gasteiger partial charge in [-0.15, -0.1) is 0 Å². The molecule has 0 aliphatic rings. The maximum atomic E-state index is 5.86. The average molecular weight is 242 g/mol. The lowest BCUT2D eigenvalue weighted by Gasteiger charge is -2.16. The van der Waals surface area contributed by atoms with E-state index in [1.54, 1.807) is 7.11 Å². The Morgan fingerprint density at radius 1 is 1.31 bits per heavy atom. The average Bonchev–Trinajstić information content (AvgIpc) is 2.29. The summed E-state index contributed by atoms with van der Waals surface area (Å²) in [5, 5.41) is 4.02. The molecule has 1 aromatic rings. The van der Waals surface area contributed by atoms with Crippen molar-refractivity contribution in [2.45, 2.75) is 12.8 Å². The molecule has 0 saturated carbocycles. The van der Waals surface area contributed by atoms with Gasteiger partial charge in [0.1, 0.15) is 0 Å². The molecule has 1 N–H and O–H groups in total. The number of rotatable bonds is 7. The van der Waals surface area contributed by atoms with Crippen molar-refractivity contribution < 1.29 is 4.74 Å². The van der Waals surface area contributed by atoms with Crippen LogP contribution in [0.25, 0.3) is 0 Å². The molecule has 0 radical (unpaired) electrons. The minimum Gasteiger partial charge on any atom is -0.385 e. The number of hydrogen-bond donors (Lipinski definition) is 1. The smallest absolute Gasteiger partial charge is 0.0465 e. The molecule has 2 nitrogen and oxygen atoms in total. The fraction of sp³-hybridized carbons (Fsp3) is 0.538. The van der Waals surface area contributed by atoms with Crippen LogP contribution in [0.5, 0.6) is 0 Å². The van der Waals surface area contributed by atoms with Crippen LogP contribution in [-0.2, 0) is 11.2 Å². The summed E-state index contributed by atoms with van der Waals surface area (Å²) in [4.78, 5) is 0. The highest BCUT2D eigenvalue weighted by molar-refractivity contribution is 6.30. The molecule has 0 aliphatic heterocycles. The van der Waals surface area contributed by atoms with Crippen LogP contribution in [0, 0.1) is 5.92 Å². The monoisotopic (exact) mass is 241 g/mol. The molecule has 1 unspecified atom stereocenters. The number of nitrogens with one attached hydrogen (secondary N) is 1. The number of hydrogen-bond acceptors (Lipinski definition) is 2. The van der Waals surface area contributed by atoms with Crippen LogP contribution >= 0.6 is 11.6 Å². The minimum absolute atomic E-state index is 0.617. The van der Waals surface area contributed by atoms with E-state index in [1.807, 2.05) is 19.2 Å². The van der Waals surface area contributed by atoms with E-state index in [9.17, 15) is 0 Å². The van der Waals surface area contributed by atoms with Crippen LogP contribution in [0.1, 0.15) is 12.0 Å². The van der Waals surface area contributed by atoms with Gasteiger partial charge in [0, 0.05) is 18.7 Å². The number of methoxy groups -OCH3 is 1. The molecule has 0 aliphatic carbocycles. The highest BCUT2D eigenvalue weighted by Crippen LogP contribution is 2.15. The second kappa shape index (κ2) is 7.66. The lowest BCUT2D eigenvalue weighted by molar-refractivity contribution is 0.176. The molecule has 0 fully saturated rings. The van der Waals surface area contributed by atoms with Gasteiger partial charge in [-0.05, 0) is 50.0 Å². The first kappa shape index (κ1) is 13.5. The van der Waals surface area contributed by atoms with Crippen molar-refractivity contribution in [2.75, 3.05) is 27.3 Å². The molecular weight excluding hydrogens is 222 g/mol. The molecule has 16 heavy (non-hydrogen) atoms. The van der Waals surface area contributed by atoms with Crippen molar-refractivity contribution in [1.29, 1.82) is 0 Å². The lowest BCUT2D eigenvalue weighted by atomic mass is 9.96.